The van der Waals surface area contributed by atoms with Crippen molar-refractivity contribution in [2.24, 2.45) is 0 Å². The van der Waals surface area contributed by atoms with Crippen LogP contribution in [0.4, 0.5) is 0 Å². The van der Waals surface area contributed by atoms with Crippen LogP contribution in [-0.4, -0.2) is 16.1 Å². The van der Waals surface area contributed by atoms with Crippen molar-refractivity contribution in [3.63, 3.8) is 0 Å². The number of fused-ring (bicyclic) bond motifs is 2. The molecule has 0 aliphatic heterocycles. The fraction of sp³-hybridized carbons (Fsp3) is 0.333. The number of aromatic carboxylic acids is 1. The van der Waals surface area contributed by atoms with Crippen LogP contribution in [0.5, 0.6) is 0 Å². The van der Waals surface area contributed by atoms with E-state index < -0.39 is 5.97 Å². The van der Waals surface area contributed by atoms with Crippen LogP contribution in [0.3, 0.4) is 0 Å². The van der Waals surface area contributed by atoms with Gasteiger partial charge in [-0.05, 0) is 42.9 Å². The maximum atomic E-state index is 11.6. The molecule has 19 heavy (non-hydrogen) atoms. The number of pyridine rings is 1. The molecule has 1 aliphatic rings. The van der Waals surface area contributed by atoms with Crippen molar-refractivity contribution in [1.29, 1.82) is 0 Å². The Morgan fingerprint density at radius 3 is 3.00 bits per heavy atom. The summed E-state index contributed by atoms with van der Waals surface area (Å²) in [6.45, 7) is 2.13. The number of carboxylic acid groups (broad SMARTS) is 1. The van der Waals surface area contributed by atoms with Crippen LogP contribution in [0.25, 0.3) is 10.9 Å². The highest BCUT2D eigenvalue weighted by Crippen LogP contribution is 2.35. The lowest BCUT2D eigenvalue weighted by Gasteiger charge is -2.23. The summed E-state index contributed by atoms with van der Waals surface area (Å²) in [6, 6.07) is 5.61. The normalized spacial score (nSPS) is 18.3. The van der Waals surface area contributed by atoms with Crippen LogP contribution in [0.15, 0.2) is 22.7 Å². The molecule has 1 unspecified atom stereocenters. The van der Waals surface area contributed by atoms with Gasteiger partial charge in [-0.1, -0.05) is 28.9 Å². The maximum Gasteiger partial charge on any atom is 0.336 e. The average Bonchev–Trinajstić information content (AvgIpc) is 2.36. The number of hydrogen-bond acceptors (Lipinski definition) is 2. The Morgan fingerprint density at radius 1 is 1.47 bits per heavy atom. The standard InChI is InChI=1S/C15H14BrNO2/c1-8-3-2-4-11-13(15(18)19)10-6-5-9(16)7-12(10)17-14(8)11/h5-8H,2-4H2,1H3,(H,18,19). The number of rotatable bonds is 1. The first-order chi connectivity index (χ1) is 9.08. The van der Waals surface area contributed by atoms with Crippen LogP contribution < -0.4 is 0 Å². The van der Waals surface area contributed by atoms with Crippen molar-refractivity contribution in [2.45, 2.75) is 32.1 Å². The Morgan fingerprint density at radius 2 is 2.26 bits per heavy atom. The molecule has 0 spiro atoms. The van der Waals surface area contributed by atoms with Gasteiger partial charge in [-0.25, -0.2) is 4.79 Å². The number of aromatic nitrogens is 1. The van der Waals surface area contributed by atoms with Gasteiger partial charge < -0.3 is 5.11 Å². The summed E-state index contributed by atoms with van der Waals surface area (Å²) in [7, 11) is 0. The maximum absolute atomic E-state index is 11.6. The monoisotopic (exact) mass is 319 g/mol. The minimum Gasteiger partial charge on any atom is -0.478 e. The first kappa shape index (κ1) is 12.6. The molecule has 1 atom stereocenters. The molecule has 0 radical (unpaired) electrons. The highest BCUT2D eigenvalue weighted by Gasteiger charge is 2.25. The molecule has 0 bridgehead atoms. The van der Waals surface area contributed by atoms with Crippen LogP contribution in [0.2, 0.25) is 0 Å². The number of nitrogens with zero attached hydrogens (tertiary/aromatic N) is 1. The van der Waals surface area contributed by atoms with E-state index in [1.54, 1.807) is 0 Å². The van der Waals surface area contributed by atoms with E-state index in [0.29, 0.717) is 11.5 Å². The Balaban J connectivity index is 2.41. The molecule has 2 aromatic rings. The molecule has 1 N–H and O–H groups in total. The first-order valence-electron chi connectivity index (χ1n) is 6.43. The largest absolute Gasteiger partial charge is 0.478 e. The lowest BCUT2D eigenvalue weighted by atomic mass is 9.84. The molecule has 98 valence electrons. The number of halogens is 1. The summed E-state index contributed by atoms with van der Waals surface area (Å²) in [5, 5.41) is 10.3. The zero-order chi connectivity index (χ0) is 13.6. The third-order valence-corrected chi connectivity index (χ3v) is 4.32. The summed E-state index contributed by atoms with van der Waals surface area (Å²) >= 11 is 3.42. The number of benzene rings is 1. The third-order valence-electron chi connectivity index (χ3n) is 3.83. The van der Waals surface area contributed by atoms with E-state index in [0.717, 1.165) is 45.9 Å². The quantitative estimate of drug-likeness (QED) is 0.859. The van der Waals surface area contributed by atoms with Crippen molar-refractivity contribution < 1.29 is 9.90 Å². The van der Waals surface area contributed by atoms with Gasteiger partial charge in [-0.15, -0.1) is 0 Å². The van der Waals surface area contributed by atoms with E-state index in [9.17, 15) is 9.90 Å². The SMILES string of the molecule is CC1CCCc2c1nc1cc(Br)ccc1c2C(=O)O. The Bertz CT molecular complexity index is 681. The van der Waals surface area contributed by atoms with Crippen molar-refractivity contribution in [2.75, 3.05) is 0 Å². The lowest BCUT2D eigenvalue weighted by Crippen LogP contribution is -2.15. The van der Waals surface area contributed by atoms with Crippen LogP contribution in [-0.2, 0) is 6.42 Å². The molecule has 3 nitrogen and oxygen atoms in total. The van der Waals surface area contributed by atoms with Crippen LogP contribution in [0.1, 0.15) is 47.3 Å². The van der Waals surface area contributed by atoms with Crippen molar-refractivity contribution in [3.05, 3.63) is 39.5 Å². The number of carbonyl (C=O) groups is 1. The van der Waals surface area contributed by atoms with Gasteiger partial charge in [0.1, 0.15) is 0 Å². The fourth-order valence-corrected chi connectivity index (χ4v) is 3.27. The molecule has 1 aliphatic carbocycles. The number of carboxylic acids is 1. The van der Waals surface area contributed by atoms with Gasteiger partial charge in [-0.3, -0.25) is 4.98 Å². The van der Waals surface area contributed by atoms with Crippen LogP contribution >= 0.6 is 15.9 Å². The molecule has 1 aromatic carbocycles. The summed E-state index contributed by atoms with van der Waals surface area (Å²) < 4.78 is 0.923. The summed E-state index contributed by atoms with van der Waals surface area (Å²) in [5.74, 6) is -0.509. The van der Waals surface area contributed by atoms with Gasteiger partial charge in [0.05, 0.1) is 11.1 Å². The highest BCUT2D eigenvalue weighted by atomic mass is 79.9. The second-order valence-electron chi connectivity index (χ2n) is 5.11. The van der Waals surface area contributed by atoms with E-state index in [1.807, 2.05) is 18.2 Å². The molecule has 0 saturated carbocycles. The molecule has 0 fully saturated rings. The van der Waals surface area contributed by atoms with E-state index in [4.69, 9.17) is 4.98 Å². The zero-order valence-corrected chi connectivity index (χ0v) is 12.2. The first-order valence-corrected chi connectivity index (χ1v) is 7.22. The summed E-state index contributed by atoms with van der Waals surface area (Å²) in [6.07, 6.45) is 2.94. The lowest BCUT2D eigenvalue weighted by molar-refractivity contribution is 0.0697. The Hall–Kier alpha value is -1.42. The Kier molecular flexibility index (Phi) is 3.05. The van der Waals surface area contributed by atoms with Gasteiger partial charge in [0.25, 0.3) is 0 Å². The minimum absolute atomic E-state index is 0.338. The average molecular weight is 320 g/mol. The summed E-state index contributed by atoms with van der Waals surface area (Å²) in [5.41, 5.74) is 3.11. The predicted molar refractivity (Wildman–Crippen MR) is 77.8 cm³/mol. The van der Waals surface area contributed by atoms with E-state index >= 15 is 0 Å². The molecule has 0 amide bonds. The van der Waals surface area contributed by atoms with Gasteiger partial charge in [0.15, 0.2) is 0 Å². The second kappa shape index (κ2) is 4.60. The summed E-state index contributed by atoms with van der Waals surface area (Å²) in [4.78, 5) is 16.3. The van der Waals surface area contributed by atoms with E-state index in [-0.39, 0.29) is 0 Å². The smallest absolute Gasteiger partial charge is 0.336 e. The van der Waals surface area contributed by atoms with Crippen molar-refractivity contribution in [1.82, 2.24) is 4.98 Å². The molecular weight excluding hydrogens is 306 g/mol. The van der Waals surface area contributed by atoms with Gasteiger partial charge >= 0.3 is 5.97 Å². The minimum atomic E-state index is -0.847. The van der Waals surface area contributed by atoms with Gasteiger partial charge in [0.2, 0.25) is 0 Å². The molecule has 1 heterocycles. The molecule has 4 heteroatoms. The predicted octanol–water partition coefficient (Wildman–Crippen LogP) is 4.14. The third kappa shape index (κ3) is 2.04. The topological polar surface area (TPSA) is 50.2 Å². The second-order valence-corrected chi connectivity index (χ2v) is 6.03. The molecular formula is C15H14BrNO2. The van der Waals surface area contributed by atoms with E-state index in [2.05, 4.69) is 22.9 Å². The number of hydrogen-bond donors (Lipinski definition) is 1. The zero-order valence-electron chi connectivity index (χ0n) is 10.6. The van der Waals surface area contributed by atoms with Crippen LogP contribution in [0, 0.1) is 0 Å². The van der Waals surface area contributed by atoms with E-state index in [1.165, 1.54) is 0 Å². The van der Waals surface area contributed by atoms with Gasteiger partial charge in [0, 0.05) is 15.6 Å². The van der Waals surface area contributed by atoms with Crippen molar-refractivity contribution >= 4 is 32.8 Å². The molecule has 0 saturated heterocycles. The molecule has 1 aromatic heterocycles. The Labute approximate surface area is 119 Å². The molecule has 3 rings (SSSR count). The highest BCUT2D eigenvalue weighted by molar-refractivity contribution is 9.10. The van der Waals surface area contributed by atoms with Crippen molar-refractivity contribution in [3.8, 4) is 0 Å². The van der Waals surface area contributed by atoms with Gasteiger partial charge in [-0.2, -0.15) is 0 Å². The fourth-order valence-electron chi connectivity index (χ4n) is 2.92.